The highest BCUT2D eigenvalue weighted by Crippen LogP contribution is 2.62. The molecular weight excluding hydrogens is 493 g/mol. The minimum atomic E-state index is -0.128. The Kier molecular flexibility index (Phi) is 6.80. The number of ether oxygens (including phenoxy) is 1. The maximum atomic E-state index is 13.1. The van der Waals surface area contributed by atoms with E-state index in [9.17, 15) is 4.79 Å². The highest BCUT2D eigenvalue weighted by Gasteiger charge is 2.68. The van der Waals surface area contributed by atoms with Gasteiger partial charge < -0.3 is 15.0 Å². The van der Waals surface area contributed by atoms with E-state index in [1.165, 1.54) is 11.1 Å². The Morgan fingerprint density at radius 1 is 1.03 bits per heavy atom. The Morgan fingerprint density at radius 2 is 1.83 bits per heavy atom. The smallest absolute Gasteiger partial charge is 0.222 e. The SMILES string of the molecule is O=C1CCC(CCC23CNCC2C3N2CCOCC2)(c2ccc(Cl)c(Cl)c2)CN1Cc1ccccc1. The van der Waals surface area contributed by atoms with Gasteiger partial charge in [0, 0.05) is 62.6 Å². The fourth-order valence-corrected chi connectivity index (χ4v) is 7.62. The van der Waals surface area contributed by atoms with Crippen LogP contribution >= 0.6 is 23.2 Å². The van der Waals surface area contributed by atoms with Gasteiger partial charge in [0.15, 0.2) is 0 Å². The van der Waals surface area contributed by atoms with Crippen molar-refractivity contribution in [1.29, 1.82) is 0 Å². The van der Waals surface area contributed by atoms with E-state index < -0.39 is 0 Å². The van der Waals surface area contributed by atoms with E-state index in [0.717, 1.165) is 65.2 Å². The molecule has 1 N–H and O–H groups in total. The number of hydrogen-bond donors (Lipinski definition) is 1. The summed E-state index contributed by atoms with van der Waals surface area (Å²) in [6, 6.07) is 17.1. The van der Waals surface area contributed by atoms with Crippen LogP contribution in [0.1, 0.15) is 36.8 Å². The molecule has 3 heterocycles. The molecule has 0 aromatic heterocycles. The number of carbonyl (C=O) groups is 1. The molecule has 0 bridgehead atoms. The number of fused-ring (bicyclic) bond motifs is 1. The average molecular weight is 529 g/mol. The fourth-order valence-electron chi connectivity index (χ4n) is 7.33. The standard InChI is InChI=1S/C29H35Cl2N3O2/c30-24-7-6-22(16-25(24)31)28(9-8-26(35)34(20-28)18-21-4-2-1-3-5-21)10-11-29-19-32-17-23(29)27(29)33-12-14-36-15-13-33/h1-7,16,23,27,32H,8-15,17-20H2. The second-order valence-electron chi connectivity index (χ2n) is 11.2. The summed E-state index contributed by atoms with van der Waals surface area (Å²) in [5.74, 6) is 0.956. The van der Waals surface area contributed by atoms with Gasteiger partial charge in [0.05, 0.1) is 23.3 Å². The lowest BCUT2D eigenvalue weighted by Crippen LogP contribution is -2.49. The van der Waals surface area contributed by atoms with Crippen molar-refractivity contribution in [3.8, 4) is 0 Å². The summed E-state index contributed by atoms with van der Waals surface area (Å²) < 4.78 is 5.64. The molecular formula is C29H35Cl2N3O2. The molecule has 1 amide bonds. The van der Waals surface area contributed by atoms with Gasteiger partial charge in [0.1, 0.15) is 0 Å². The molecule has 2 aromatic carbocycles. The van der Waals surface area contributed by atoms with Gasteiger partial charge in [-0.1, -0.05) is 59.6 Å². The van der Waals surface area contributed by atoms with Gasteiger partial charge in [0.2, 0.25) is 5.91 Å². The molecule has 3 saturated heterocycles. The first kappa shape index (κ1) is 24.7. The molecule has 3 aliphatic heterocycles. The van der Waals surface area contributed by atoms with Crippen molar-refractivity contribution in [2.24, 2.45) is 11.3 Å². The van der Waals surface area contributed by atoms with Gasteiger partial charge in [-0.3, -0.25) is 9.69 Å². The third-order valence-corrected chi connectivity index (χ3v) is 10.1. The monoisotopic (exact) mass is 527 g/mol. The Labute approximate surface area is 224 Å². The first-order valence-electron chi connectivity index (χ1n) is 13.3. The lowest BCUT2D eigenvalue weighted by Gasteiger charge is -2.44. The zero-order chi connectivity index (χ0) is 24.8. The number of carbonyl (C=O) groups excluding carboxylic acids is 1. The van der Waals surface area contributed by atoms with Crippen LogP contribution in [0.15, 0.2) is 48.5 Å². The van der Waals surface area contributed by atoms with Crippen molar-refractivity contribution < 1.29 is 9.53 Å². The third kappa shape index (κ3) is 4.48. The molecule has 4 aliphatic rings. The lowest BCUT2D eigenvalue weighted by molar-refractivity contribution is -0.136. The van der Waals surface area contributed by atoms with Gasteiger partial charge in [-0.2, -0.15) is 0 Å². The summed E-state index contributed by atoms with van der Waals surface area (Å²) in [6.45, 7) is 7.33. The molecule has 5 nitrogen and oxygen atoms in total. The Morgan fingerprint density at radius 3 is 2.61 bits per heavy atom. The van der Waals surface area contributed by atoms with Crippen LogP contribution in [0.5, 0.6) is 0 Å². The molecule has 4 atom stereocenters. The van der Waals surface area contributed by atoms with Gasteiger partial charge in [-0.05, 0) is 48.4 Å². The Balaban J connectivity index is 1.27. The van der Waals surface area contributed by atoms with E-state index in [1.54, 1.807) is 0 Å². The molecule has 36 heavy (non-hydrogen) atoms. The zero-order valence-electron chi connectivity index (χ0n) is 20.7. The molecule has 1 saturated carbocycles. The van der Waals surface area contributed by atoms with E-state index in [2.05, 4.69) is 39.4 Å². The third-order valence-electron chi connectivity index (χ3n) is 9.34. The van der Waals surface area contributed by atoms with Crippen LogP contribution in [0, 0.1) is 11.3 Å². The van der Waals surface area contributed by atoms with Crippen LogP contribution in [-0.2, 0) is 21.5 Å². The van der Waals surface area contributed by atoms with Crippen LogP contribution in [0.25, 0.3) is 0 Å². The number of nitrogens with zero attached hydrogens (tertiary/aromatic N) is 2. The van der Waals surface area contributed by atoms with E-state index in [-0.39, 0.29) is 11.3 Å². The van der Waals surface area contributed by atoms with Crippen molar-refractivity contribution >= 4 is 29.1 Å². The number of morpholine rings is 1. The molecule has 1 aliphatic carbocycles. The normalized spacial score (nSPS) is 32.5. The summed E-state index contributed by atoms with van der Waals surface area (Å²) in [4.78, 5) is 17.8. The second-order valence-corrected chi connectivity index (χ2v) is 12.0. The molecule has 4 unspecified atom stereocenters. The number of hydrogen-bond acceptors (Lipinski definition) is 4. The number of piperidine rings is 2. The van der Waals surface area contributed by atoms with Crippen LogP contribution in [0.3, 0.4) is 0 Å². The molecule has 0 spiro atoms. The first-order chi connectivity index (χ1) is 17.5. The van der Waals surface area contributed by atoms with Gasteiger partial charge in [0.25, 0.3) is 0 Å². The van der Waals surface area contributed by atoms with Gasteiger partial charge in [-0.15, -0.1) is 0 Å². The van der Waals surface area contributed by atoms with Crippen molar-refractivity contribution in [3.05, 3.63) is 69.7 Å². The predicted molar refractivity (Wildman–Crippen MR) is 143 cm³/mol. The number of nitrogens with one attached hydrogen (secondary N) is 1. The van der Waals surface area contributed by atoms with Crippen LogP contribution in [-0.4, -0.2) is 67.7 Å². The lowest BCUT2D eigenvalue weighted by atomic mass is 9.69. The van der Waals surface area contributed by atoms with Crippen molar-refractivity contribution in [2.45, 2.75) is 43.7 Å². The fraction of sp³-hybridized carbons (Fsp3) is 0.552. The van der Waals surface area contributed by atoms with Crippen molar-refractivity contribution in [1.82, 2.24) is 15.1 Å². The number of halogens is 2. The molecule has 4 fully saturated rings. The predicted octanol–water partition coefficient (Wildman–Crippen LogP) is 4.75. The van der Waals surface area contributed by atoms with E-state index in [1.807, 2.05) is 24.3 Å². The topological polar surface area (TPSA) is 44.8 Å². The Bertz CT molecular complexity index is 1110. The maximum absolute atomic E-state index is 13.1. The largest absolute Gasteiger partial charge is 0.379 e. The summed E-state index contributed by atoms with van der Waals surface area (Å²) in [7, 11) is 0. The number of benzene rings is 2. The van der Waals surface area contributed by atoms with E-state index in [4.69, 9.17) is 27.9 Å². The first-order valence-corrected chi connectivity index (χ1v) is 14.1. The van der Waals surface area contributed by atoms with E-state index >= 15 is 0 Å². The minimum absolute atomic E-state index is 0.128. The molecule has 7 heteroatoms. The van der Waals surface area contributed by atoms with Crippen LogP contribution in [0.2, 0.25) is 10.0 Å². The summed E-state index contributed by atoms with van der Waals surface area (Å²) >= 11 is 12.9. The van der Waals surface area contributed by atoms with Crippen molar-refractivity contribution in [2.75, 3.05) is 45.9 Å². The highest BCUT2D eigenvalue weighted by molar-refractivity contribution is 6.42. The molecule has 192 valence electrons. The number of likely N-dealkylation sites (tertiary alicyclic amines) is 1. The zero-order valence-corrected chi connectivity index (χ0v) is 22.2. The molecule has 6 rings (SSSR count). The number of amides is 1. The average Bonchev–Trinajstić information content (AvgIpc) is 3.33. The van der Waals surface area contributed by atoms with Crippen molar-refractivity contribution in [3.63, 3.8) is 0 Å². The summed E-state index contributed by atoms with van der Waals surface area (Å²) in [5, 5.41) is 4.85. The highest BCUT2D eigenvalue weighted by atomic mass is 35.5. The van der Waals surface area contributed by atoms with Crippen LogP contribution < -0.4 is 5.32 Å². The Hall–Kier alpha value is -1.63. The maximum Gasteiger partial charge on any atom is 0.222 e. The quantitative estimate of drug-likeness (QED) is 0.564. The van der Waals surface area contributed by atoms with Gasteiger partial charge >= 0.3 is 0 Å². The van der Waals surface area contributed by atoms with Gasteiger partial charge in [-0.25, -0.2) is 0 Å². The van der Waals surface area contributed by atoms with E-state index in [0.29, 0.717) is 40.4 Å². The second kappa shape index (κ2) is 9.92. The molecule has 2 aromatic rings. The summed E-state index contributed by atoms with van der Waals surface area (Å²) in [6.07, 6.45) is 3.61. The molecule has 0 radical (unpaired) electrons. The number of rotatable bonds is 7. The minimum Gasteiger partial charge on any atom is -0.379 e. The summed E-state index contributed by atoms with van der Waals surface area (Å²) in [5.41, 5.74) is 2.58. The van der Waals surface area contributed by atoms with Crippen LogP contribution in [0.4, 0.5) is 0 Å².